The minimum absolute atomic E-state index is 0.226. The molecule has 0 aliphatic heterocycles. The van der Waals surface area contributed by atoms with Crippen molar-refractivity contribution in [2.24, 2.45) is 0 Å². The molecule has 0 aliphatic carbocycles. The fraction of sp³-hybridized carbons (Fsp3) is 0.214. The Labute approximate surface area is 111 Å². The number of benzene rings is 1. The number of anilines is 2. The van der Waals surface area contributed by atoms with Crippen LogP contribution in [0.15, 0.2) is 35.9 Å². The molecule has 1 aromatic rings. The van der Waals surface area contributed by atoms with Gasteiger partial charge in [-0.05, 0) is 26.0 Å². The minimum atomic E-state index is -0.411. The summed E-state index contributed by atoms with van der Waals surface area (Å²) in [5, 5.41) is 13.7. The normalized spacial score (nSPS) is 9.11. The summed E-state index contributed by atoms with van der Waals surface area (Å²) in [6, 6.07) is 8.59. The van der Waals surface area contributed by atoms with Crippen molar-refractivity contribution in [3.63, 3.8) is 0 Å². The molecular weight excluding hydrogens is 242 g/mol. The van der Waals surface area contributed by atoms with E-state index in [2.05, 4.69) is 10.6 Å². The molecule has 0 bridgehead atoms. The van der Waals surface area contributed by atoms with Crippen molar-refractivity contribution in [1.29, 1.82) is 5.26 Å². The van der Waals surface area contributed by atoms with Crippen LogP contribution < -0.4 is 10.6 Å². The zero-order valence-electron chi connectivity index (χ0n) is 10.9. The van der Waals surface area contributed by atoms with E-state index in [9.17, 15) is 9.59 Å². The number of nitrogens with zero attached hydrogens (tertiary/aromatic N) is 1. The van der Waals surface area contributed by atoms with Crippen molar-refractivity contribution in [2.45, 2.75) is 20.3 Å². The molecule has 0 radical (unpaired) electrons. The van der Waals surface area contributed by atoms with Crippen LogP contribution in [0.1, 0.15) is 20.3 Å². The maximum absolute atomic E-state index is 11.6. The highest BCUT2D eigenvalue weighted by molar-refractivity contribution is 6.04. The van der Waals surface area contributed by atoms with E-state index in [-0.39, 0.29) is 12.3 Å². The van der Waals surface area contributed by atoms with Crippen molar-refractivity contribution in [3.05, 3.63) is 35.9 Å². The molecule has 0 aromatic heterocycles. The Kier molecular flexibility index (Phi) is 5.30. The van der Waals surface area contributed by atoms with Gasteiger partial charge in [0.15, 0.2) is 0 Å². The second-order valence-electron chi connectivity index (χ2n) is 4.14. The summed E-state index contributed by atoms with van der Waals surface area (Å²) in [6.07, 6.45) is 1.24. The largest absolute Gasteiger partial charge is 0.323 e. The molecule has 0 atom stereocenters. The summed E-state index contributed by atoms with van der Waals surface area (Å²) < 4.78 is 0. The fourth-order valence-electron chi connectivity index (χ4n) is 1.40. The Hall–Kier alpha value is -2.61. The van der Waals surface area contributed by atoms with E-state index in [1.807, 2.05) is 13.8 Å². The monoisotopic (exact) mass is 257 g/mol. The first-order valence-electron chi connectivity index (χ1n) is 5.74. The molecule has 0 aliphatic rings. The first kappa shape index (κ1) is 14.5. The van der Waals surface area contributed by atoms with Crippen LogP contribution in [0.3, 0.4) is 0 Å². The third-order valence-corrected chi connectivity index (χ3v) is 2.12. The number of carbonyl (C=O) groups is 2. The third-order valence-electron chi connectivity index (χ3n) is 2.12. The smallest absolute Gasteiger partial charge is 0.248 e. The molecule has 5 heteroatoms. The van der Waals surface area contributed by atoms with Gasteiger partial charge in [-0.1, -0.05) is 17.7 Å². The van der Waals surface area contributed by atoms with Crippen molar-refractivity contribution < 1.29 is 9.59 Å². The van der Waals surface area contributed by atoms with Crippen molar-refractivity contribution >= 4 is 23.2 Å². The van der Waals surface area contributed by atoms with Gasteiger partial charge < -0.3 is 10.6 Å². The number of allylic oxidation sites excluding steroid dienone is 1. The number of hydrogen-bond acceptors (Lipinski definition) is 3. The second-order valence-corrected chi connectivity index (χ2v) is 4.14. The molecule has 1 rings (SSSR count). The summed E-state index contributed by atoms with van der Waals surface area (Å²) in [6.45, 7) is 3.64. The molecule has 2 amide bonds. The van der Waals surface area contributed by atoms with Gasteiger partial charge in [-0.15, -0.1) is 0 Å². The standard InChI is InChI=1S/C14H15N3O2/c1-10(2)9-14(19)17-12-6-4-3-5-11(12)16-13(18)7-8-15/h3-6,9H,7H2,1-2H3,(H,16,18)(H,17,19). The highest BCUT2D eigenvalue weighted by Crippen LogP contribution is 2.21. The molecule has 98 valence electrons. The van der Waals surface area contributed by atoms with Gasteiger partial charge in [-0.2, -0.15) is 5.26 Å². The van der Waals surface area contributed by atoms with Crippen LogP contribution in [0.25, 0.3) is 0 Å². The Morgan fingerprint density at radius 2 is 1.79 bits per heavy atom. The predicted octanol–water partition coefficient (Wildman–Crippen LogP) is 2.44. The average Bonchev–Trinajstić information content (AvgIpc) is 2.30. The molecular formula is C14H15N3O2. The van der Waals surface area contributed by atoms with Crippen LogP contribution in [0.2, 0.25) is 0 Å². The summed E-state index contributed by atoms with van der Waals surface area (Å²) in [7, 11) is 0. The van der Waals surface area contributed by atoms with E-state index >= 15 is 0 Å². The van der Waals surface area contributed by atoms with Crippen molar-refractivity contribution in [3.8, 4) is 6.07 Å². The van der Waals surface area contributed by atoms with Crippen LogP contribution >= 0.6 is 0 Å². The molecule has 0 heterocycles. The van der Waals surface area contributed by atoms with E-state index in [0.29, 0.717) is 11.4 Å². The molecule has 1 aromatic carbocycles. The van der Waals surface area contributed by atoms with Gasteiger partial charge in [0.05, 0.1) is 17.4 Å². The zero-order valence-corrected chi connectivity index (χ0v) is 10.9. The van der Waals surface area contributed by atoms with Gasteiger partial charge in [0.1, 0.15) is 6.42 Å². The minimum Gasteiger partial charge on any atom is -0.323 e. The van der Waals surface area contributed by atoms with Gasteiger partial charge in [0.2, 0.25) is 11.8 Å². The number of nitrogens with one attached hydrogen (secondary N) is 2. The van der Waals surface area contributed by atoms with Gasteiger partial charge in [-0.3, -0.25) is 9.59 Å². The quantitative estimate of drug-likeness (QED) is 0.813. The molecule has 0 spiro atoms. The summed E-state index contributed by atoms with van der Waals surface area (Å²) in [5.74, 6) is -0.673. The van der Waals surface area contributed by atoms with E-state index in [1.165, 1.54) is 6.08 Å². The second kappa shape index (κ2) is 6.97. The Bertz CT molecular complexity index is 552. The van der Waals surface area contributed by atoms with E-state index in [4.69, 9.17) is 5.26 Å². The summed E-state index contributed by atoms with van der Waals surface area (Å²) >= 11 is 0. The highest BCUT2D eigenvalue weighted by atomic mass is 16.2. The highest BCUT2D eigenvalue weighted by Gasteiger charge is 2.07. The van der Waals surface area contributed by atoms with E-state index in [1.54, 1.807) is 30.3 Å². The van der Waals surface area contributed by atoms with Gasteiger partial charge in [-0.25, -0.2) is 0 Å². The Morgan fingerprint density at radius 3 is 2.32 bits per heavy atom. The maximum Gasteiger partial charge on any atom is 0.248 e. The molecule has 5 nitrogen and oxygen atoms in total. The van der Waals surface area contributed by atoms with Crippen molar-refractivity contribution in [1.82, 2.24) is 0 Å². The Morgan fingerprint density at radius 1 is 1.21 bits per heavy atom. The van der Waals surface area contributed by atoms with Gasteiger partial charge in [0, 0.05) is 6.08 Å². The number of nitriles is 1. The lowest BCUT2D eigenvalue weighted by atomic mass is 10.2. The predicted molar refractivity (Wildman–Crippen MR) is 73.4 cm³/mol. The van der Waals surface area contributed by atoms with Crippen LogP contribution in [0.4, 0.5) is 11.4 Å². The number of rotatable bonds is 4. The van der Waals surface area contributed by atoms with Crippen LogP contribution in [-0.4, -0.2) is 11.8 Å². The molecule has 2 N–H and O–H groups in total. The fourth-order valence-corrected chi connectivity index (χ4v) is 1.40. The third kappa shape index (κ3) is 5.04. The SMILES string of the molecule is CC(C)=CC(=O)Nc1ccccc1NC(=O)CC#N. The Balaban J connectivity index is 2.85. The average molecular weight is 257 g/mol. The van der Waals surface area contributed by atoms with Crippen LogP contribution in [0, 0.1) is 11.3 Å². The number of carbonyl (C=O) groups excluding carboxylic acids is 2. The number of amides is 2. The van der Waals surface area contributed by atoms with Crippen molar-refractivity contribution in [2.75, 3.05) is 10.6 Å². The summed E-state index contributed by atoms with van der Waals surface area (Å²) in [5.41, 5.74) is 1.85. The maximum atomic E-state index is 11.6. The lowest BCUT2D eigenvalue weighted by Crippen LogP contribution is -2.14. The molecule has 19 heavy (non-hydrogen) atoms. The first-order chi connectivity index (χ1) is 9.02. The molecule has 0 fully saturated rings. The summed E-state index contributed by atoms with van der Waals surface area (Å²) in [4.78, 5) is 23.0. The topological polar surface area (TPSA) is 82.0 Å². The van der Waals surface area contributed by atoms with E-state index < -0.39 is 5.91 Å². The molecule has 0 saturated heterocycles. The van der Waals surface area contributed by atoms with Crippen LogP contribution in [-0.2, 0) is 9.59 Å². The van der Waals surface area contributed by atoms with E-state index in [0.717, 1.165) is 5.57 Å². The molecule has 0 saturated carbocycles. The molecule has 0 unspecified atom stereocenters. The lowest BCUT2D eigenvalue weighted by Gasteiger charge is -2.10. The lowest BCUT2D eigenvalue weighted by molar-refractivity contribution is -0.115. The first-order valence-corrected chi connectivity index (χ1v) is 5.74. The van der Waals surface area contributed by atoms with Gasteiger partial charge in [0.25, 0.3) is 0 Å². The zero-order chi connectivity index (χ0) is 14.3. The van der Waals surface area contributed by atoms with Crippen LogP contribution in [0.5, 0.6) is 0 Å². The number of hydrogen-bond donors (Lipinski definition) is 2. The number of para-hydroxylation sites is 2. The van der Waals surface area contributed by atoms with Gasteiger partial charge >= 0.3 is 0 Å².